The van der Waals surface area contributed by atoms with Gasteiger partial charge in [-0.2, -0.15) is 0 Å². The molecule has 2 nitrogen and oxygen atoms in total. The number of thioether (sulfide) groups is 1. The van der Waals surface area contributed by atoms with Crippen molar-refractivity contribution < 1.29 is 9.53 Å². The Kier molecular flexibility index (Phi) is 6.52. The Morgan fingerprint density at radius 3 is 2.57 bits per heavy atom. The summed E-state index contributed by atoms with van der Waals surface area (Å²) in [6.45, 7) is 9.06. The number of carbonyl (C=O) groups is 1. The van der Waals surface area contributed by atoms with Crippen molar-refractivity contribution in [3.63, 3.8) is 0 Å². The molecule has 0 spiro atoms. The van der Waals surface area contributed by atoms with E-state index in [0.29, 0.717) is 12.2 Å². The molecule has 0 N–H and O–H groups in total. The predicted octanol–water partition coefficient (Wildman–Crippen LogP) is 5.99. The number of rotatable bonds is 4. The molecule has 0 saturated carbocycles. The van der Waals surface area contributed by atoms with Crippen LogP contribution in [0.2, 0.25) is 0 Å². The molecule has 2 aromatic carbocycles. The summed E-state index contributed by atoms with van der Waals surface area (Å²) in [5, 5.41) is 0. The van der Waals surface area contributed by atoms with Crippen molar-refractivity contribution in [2.24, 2.45) is 0 Å². The second-order valence-electron chi connectivity index (χ2n) is 7.79. The Balaban J connectivity index is 1.93. The summed E-state index contributed by atoms with van der Waals surface area (Å²) in [5.74, 6) is 7.58. The van der Waals surface area contributed by atoms with Crippen LogP contribution in [0.4, 0.5) is 0 Å². The van der Waals surface area contributed by atoms with E-state index in [0.717, 1.165) is 24.0 Å². The highest BCUT2D eigenvalue weighted by atomic mass is 32.2. The van der Waals surface area contributed by atoms with Crippen LogP contribution in [-0.2, 0) is 16.6 Å². The van der Waals surface area contributed by atoms with Crippen LogP contribution < -0.4 is 0 Å². The van der Waals surface area contributed by atoms with Crippen LogP contribution in [0.5, 0.6) is 0 Å². The molecule has 0 bridgehead atoms. The van der Waals surface area contributed by atoms with Gasteiger partial charge in [0.15, 0.2) is 0 Å². The van der Waals surface area contributed by atoms with Gasteiger partial charge in [-0.15, -0.1) is 11.8 Å². The highest BCUT2D eigenvalue weighted by Gasteiger charge is 2.28. The van der Waals surface area contributed by atoms with Gasteiger partial charge in [-0.05, 0) is 78.5 Å². The zero-order chi connectivity index (χ0) is 20.1. The number of hydrogen-bond acceptors (Lipinski definition) is 3. The van der Waals surface area contributed by atoms with Crippen molar-refractivity contribution in [2.45, 2.75) is 57.3 Å². The van der Waals surface area contributed by atoms with Crippen molar-refractivity contribution in [2.75, 3.05) is 12.4 Å². The second-order valence-corrected chi connectivity index (χ2v) is 8.92. The predicted molar refractivity (Wildman–Crippen MR) is 117 cm³/mol. The zero-order valence-corrected chi connectivity index (χ0v) is 18.0. The molecule has 146 valence electrons. The number of benzene rings is 2. The molecular weight excluding hydrogens is 364 g/mol. The van der Waals surface area contributed by atoms with Crippen LogP contribution in [0.3, 0.4) is 0 Å². The van der Waals surface area contributed by atoms with Gasteiger partial charge in [-0.25, -0.2) is 4.79 Å². The molecule has 3 heteroatoms. The highest BCUT2D eigenvalue weighted by Crippen LogP contribution is 2.42. The Morgan fingerprint density at radius 2 is 1.89 bits per heavy atom. The number of aryl methyl sites for hydroxylation is 1. The molecule has 0 unspecified atom stereocenters. The van der Waals surface area contributed by atoms with E-state index in [-0.39, 0.29) is 11.4 Å². The molecule has 2 aromatic rings. The molecule has 1 heterocycles. The molecule has 0 radical (unpaired) electrons. The van der Waals surface area contributed by atoms with Crippen molar-refractivity contribution in [1.29, 1.82) is 0 Å². The minimum Gasteiger partial charge on any atom is -0.462 e. The standard InChI is InChI=1S/C25H28O2S/c1-5-7-20-17-23-22(25(3,4)14-15-28-23)16-21(20)13-10-18-8-11-19(12-9-18)24(26)27-6-2/h8-9,11-12,16-17H,5-7,14-15H2,1-4H3. The number of esters is 1. The number of fused-ring (bicyclic) bond motifs is 1. The molecule has 0 aromatic heterocycles. The second kappa shape index (κ2) is 8.88. The minimum absolute atomic E-state index is 0.197. The van der Waals surface area contributed by atoms with E-state index in [9.17, 15) is 4.79 Å². The van der Waals surface area contributed by atoms with E-state index in [4.69, 9.17) is 4.74 Å². The van der Waals surface area contributed by atoms with Gasteiger partial charge in [-0.3, -0.25) is 0 Å². The first kappa shape index (κ1) is 20.6. The molecule has 1 aliphatic heterocycles. The summed E-state index contributed by atoms with van der Waals surface area (Å²) < 4.78 is 5.04. The van der Waals surface area contributed by atoms with E-state index in [1.165, 1.54) is 28.2 Å². The molecular formula is C25H28O2S. The van der Waals surface area contributed by atoms with E-state index in [1.54, 1.807) is 12.1 Å². The van der Waals surface area contributed by atoms with Crippen LogP contribution in [0, 0.1) is 11.8 Å². The van der Waals surface area contributed by atoms with Gasteiger partial charge < -0.3 is 4.74 Å². The normalized spacial score (nSPS) is 14.6. The average Bonchev–Trinajstić information content (AvgIpc) is 2.67. The van der Waals surface area contributed by atoms with E-state index < -0.39 is 0 Å². The maximum Gasteiger partial charge on any atom is 0.338 e. The fourth-order valence-corrected chi connectivity index (χ4v) is 5.01. The smallest absolute Gasteiger partial charge is 0.338 e. The lowest BCUT2D eigenvalue weighted by molar-refractivity contribution is 0.0526. The molecule has 0 aliphatic carbocycles. The first-order valence-corrected chi connectivity index (χ1v) is 11.0. The van der Waals surface area contributed by atoms with E-state index >= 15 is 0 Å². The highest BCUT2D eigenvalue weighted by molar-refractivity contribution is 7.99. The molecule has 0 saturated heterocycles. The third-order valence-corrected chi connectivity index (χ3v) is 6.23. The minimum atomic E-state index is -0.290. The monoisotopic (exact) mass is 392 g/mol. The van der Waals surface area contributed by atoms with Crippen LogP contribution >= 0.6 is 11.8 Å². The van der Waals surface area contributed by atoms with Crippen LogP contribution in [0.15, 0.2) is 41.3 Å². The third-order valence-electron chi connectivity index (χ3n) is 5.18. The molecule has 0 fully saturated rings. The number of ether oxygens (including phenoxy) is 1. The lowest BCUT2D eigenvalue weighted by Crippen LogP contribution is -2.23. The number of hydrogen-bond donors (Lipinski definition) is 0. The van der Waals surface area contributed by atoms with Gasteiger partial charge in [0.2, 0.25) is 0 Å². The summed E-state index contributed by atoms with van der Waals surface area (Å²) in [5.41, 5.74) is 5.55. The first-order valence-electron chi connectivity index (χ1n) is 10.0. The Morgan fingerprint density at radius 1 is 1.14 bits per heavy atom. The molecule has 1 aliphatic rings. The topological polar surface area (TPSA) is 26.3 Å². The maximum absolute atomic E-state index is 11.8. The van der Waals surface area contributed by atoms with Gasteiger partial charge in [0, 0.05) is 16.0 Å². The first-order chi connectivity index (χ1) is 13.4. The Hall–Kier alpha value is -2.18. The Bertz CT molecular complexity index is 914. The van der Waals surface area contributed by atoms with Gasteiger partial charge >= 0.3 is 5.97 Å². The summed E-state index contributed by atoms with van der Waals surface area (Å²) in [7, 11) is 0. The number of carbonyl (C=O) groups excluding carboxylic acids is 1. The quantitative estimate of drug-likeness (QED) is 0.472. The molecule has 0 amide bonds. The van der Waals surface area contributed by atoms with E-state index in [1.807, 2.05) is 30.8 Å². The van der Waals surface area contributed by atoms with Crippen molar-refractivity contribution in [1.82, 2.24) is 0 Å². The summed E-state index contributed by atoms with van der Waals surface area (Å²) in [6.07, 6.45) is 3.34. The fourth-order valence-electron chi connectivity index (χ4n) is 3.46. The summed E-state index contributed by atoms with van der Waals surface area (Å²) in [4.78, 5) is 13.2. The lowest BCUT2D eigenvalue weighted by atomic mass is 9.80. The van der Waals surface area contributed by atoms with E-state index in [2.05, 4.69) is 44.7 Å². The van der Waals surface area contributed by atoms with Crippen molar-refractivity contribution in [3.05, 3.63) is 64.2 Å². The Labute approximate surface area is 173 Å². The van der Waals surface area contributed by atoms with Crippen LogP contribution in [0.25, 0.3) is 0 Å². The van der Waals surface area contributed by atoms with Crippen LogP contribution in [0.1, 0.15) is 73.1 Å². The molecule has 28 heavy (non-hydrogen) atoms. The molecule has 0 atom stereocenters. The maximum atomic E-state index is 11.8. The van der Waals surface area contributed by atoms with Gasteiger partial charge in [-0.1, -0.05) is 39.0 Å². The van der Waals surface area contributed by atoms with Crippen molar-refractivity contribution in [3.8, 4) is 11.8 Å². The fraction of sp³-hybridized carbons (Fsp3) is 0.400. The SMILES string of the molecule is CCCc1cc2c(cc1C#Cc1ccc(C(=O)OCC)cc1)C(C)(C)CCS2. The largest absolute Gasteiger partial charge is 0.462 e. The summed E-state index contributed by atoms with van der Waals surface area (Å²) >= 11 is 1.97. The molecule has 3 rings (SSSR count). The third kappa shape index (κ3) is 4.62. The summed E-state index contributed by atoms with van der Waals surface area (Å²) in [6, 6.07) is 12.0. The average molecular weight is 393 g/mol. The van der Waals surface area contributed by atoms with Crippen LogP contribution in [-0.4, -0.2) is 18.3 Å². The van der Waals surface area contributed by atoms with Gasteiger partial charge in [0.25, 0.3) is 0 Å². The van der Waals surface area contributed by atoms with Gasteiger partial charge in [0.05, 0.1) is 12.2 Å². The van der Waals surface area contributed by atoms with Gasteiger partial charge in [0.1, 0.15) is 0 Å². The zero-order valence-electron chi connectivity index (χ0n) is 17.2. The lowest BCUT2D eigenvalue weighted by Gasteiger charge is -2.32. The van der Waals surface area contributed by atoms with Crippen molar-refractivity contribution >= 4 is 17.7 Å².